The van der Waals surface area contributed by atoms with Crippen molar-refractivity contribution in [3.8, 4) is 0 Å². The molecular weight excluding hydrogens is 256 g/mol. The van der Waals surface area contributed by atoms with E-state index in [2.05, 4.69) is 47.4 Å². The van der Waals surface area contributed by atoms with Crippen LogP contribution in [0.2, 0.25) is 0 Å². The molecule has 1 aromatic heterocycles. The lowest BCUT2D eigenvalue weighted by Crippen LogP contribution is -2.42. The second-order valence-corrected chi connectivity index (χ2v) is 6.01. The minimum absolute atomic E-state index is 0.317. The van der Waals surface area contributed by atoms with Gasteiger partial charge in [-0.25, -0.2) is 0 Å². The zero-order chi connectivity index (χ0) is 14.3. The zero-order valence-electron chi connectivity index (χ0n) is 11.9. The number of aromatic nitrogens is 1. The number of benzene rings is 2. The van der Waals surface area contributed by atoms with E-state index in [4.69, 9.17) is 5.73 Å². The van der Waals surface area contributed by atoms with Crippen LogP contribution in [-0.2, 0) is 18.4 Å². The second-order valence-electron chi connectivity index (χ2n) is 6.01. The Morgan fingerprint density at radius 2 is 1.67 bits per heavy atom. The van der Waals surface area contributed by atoms with E-state index >= 15 is 0 Å². The van der Waals surface area contributed by atoms with E-state index in [-0.39, 0.29) is 5.54 Å². The number of hydrogen-bond acceptors (Lipinski definition) is 2. The van der Waals surface area contributed by atoms with Gasteiger partial charge in [0.15, 0.2) is 0 Å². The van der Waals surface area contributed by atoms with Crippen LogP contribution >= 0.6 is 0 Å². The molecule has 1 aliphatic carbocycles. The first kappa shape index (κ1) is 12.5. The average molecular weight is 274 g/mol. The molecular formula is C19H18N2. The van der Waals surface area contributed by atoms with Gasteiger partial charge in [-0.2, -0.15) is 0 Å². The quantitative estimate of drug-likeness (QED) is 0.736. The van der Waals surface area contributed by atoms with E-state index in [9.17, 15) is 0 Å². The van der Waals surface area contributed by atoms with Crippen molar-refractivity contribution in [1.82, 2.24) is 4.98 Å². The molecule has 0 aliphatic heterocycles. The van der Waals surface area contributed by atoms with Crippen LogP contribution < -0.4 is 5.73 Å². The van der Waals surface area contributed by atoms with Gasteiger partial charge in [0.05, 0.1) is 0 Å². The van der Waals surface area contributed by atoms with Gasteiger partial charge in [0, 0.05) is 23.3 Å². The van der Waals surface area contributed by atoms with Crippen molar-refractivity contribution < 1.29 is 0 Å². The number of hydrogen-bond donors (Lipinski definition) is 1. The van der Waals surface area contributed by atoms with E-state index in [1.165, 1.54) is 27.5 Å². The minimum Gasteiger partial charge on any atom is -0.321 e. The minimum atomic E-state index is -0.317. The van der Waals surface area contributed by atoms with Crippen LogP contribution in [0.5, 0.6) is 0 Å². The molecule has 0 fully saturated rings. The van der Waals surface area contributed by atoms with Crippen molar-refractivity contribution in [2.45, 2.75) is 24.8 Å². The molecule has 2 heteroatoms. The average Bonchev–Trinajstić information content (AvgIpc) is 2.54. The summed E-state index contributed by atoms with van der Waals surface area (Å²) < 4.78 is 0. The summed E-state index contributed by atoms with van der Waals surface area (Å²) in [6.07, 6.45) is 6.77. The predicted molar refractivity (Wildman–Crippen MR) is 86.1 cm³/mol. The van der Waals surface area contributed by atoms with E-state index in [0.717, 1.165) is 19.3 Å². The maximum Gasteiger partial charge on any atom is 0.0475 e. The van der Waals surface area contributed by atoms with Crippen molar-refractivity contribution in [3.63, 3.8) is 0 Å². The first-order chi connectivity index (χ1) is 10.3. The van der Waals surface area contributed by atoms with Gasteiger partial charge < -0.3 is 5.73 Å². The Morgan fingerprint density at radius 3 is 2.57 bits per heavy atom. The fourth-order valence-electron chi connectivity index (χ4n) is 3.50. The lowest BCUT2D eigenvalue weighted by molar-refractivity contribution is 0.387. The third kappa shape index (κ3) is 2.03. The summed E-state index contributed by atoms with van der Waals surface area (Å²) in [6.45, 7) is 0. The Labute approximate surface area is 124 Å². The molecule has 1 unspecified atom stereocenters. The Morgan fingerprint density at radius 1 is 0.905 bits per heavy atom. The third-order valence-corrected chi connectivity index (χ3v) is 4.67. The van der Waals surface area contributed by atoms with Gasteiger partial charge in [-0.05, 0) is 41.3 Å². The van der Waals surface area contributed by atoms with Crippen molar-refractivity contribution in [1.29, 1.82) is 0 Å². The normalized spacial score (nSPS) is 21.2. The largest absolute Gasteiger partial charge is 0.321 e. The highest BCUT2D eigenvalue weighted by Crippen LogP contribution is 2.37. The van der Waals surface area contributed by atoms with Gasteiger partial charge in [0.25, 0.3) is 0 Å². The van der Waals surface area contributed by atoms with Crippen LogP contribution in [0.15, 0.2) is 60.9 Å². The monoisotopic (exact) mass is 274 g/mol. The zero-order valence-corrected chi connectivity index (χ0v) is 11.9. The van der Waals surface area contributed by atoms with Gasteiger partial charge in [0.2, 0.25) is 0 Å². The van der Waals surface area contributed by atoms with Crippen molar-refractivity contribution in [2.24, 2.45) is 5.73 Å². The highest BCUT2D eigenvalue weighted by atomic mass is 14.8. The lowest BCUT2D eigenvalue weighted by atomic mass is 9.74. The first-order valence-electron chi connectivity index (χ1n) is 7.45. The van der Waals surface area contributed by atoms with Crippen LogP contribution in [0.1, 0.15) is 23.1 Å². The molecule has 21 heavy (non-hydrogen) atoms. The van der Waals surface area contributed by atoms with E-state index in [1.807, 2.05) is 18.5 Å². The number of rotatable bonds is 1. The SMILES string of the molecule is NC1(c2cncc3ccccc23)CCc2ccccc2C1. The molecule has 0 spiro atoms. The van der Waals surface area contributed by atoms with Gasteiger partial charge in [0.1, 0.15) is 0 Å². The molecule has 0 saturated carbocycles. The maximum atomic E-state index is 6.82. The standard InChI is InChI=1S/C19H18N2/c20-19(10-9-14-5-1-2-6-15(14)11-19)18-13-21-12-16-7-3-4-8-17(16)18/h1-8,12-13H,9-11,20H2. The molecule has 1 atom stereocenters. The fraction of sp³-hybridized carbons (Fsp3) is 0.211. The molecule has 2 N–H and O–H groups in total. The number of nitrogens with zero attached hydrogens (tertiary/aromatic N) is 1. The summed E-state index contributed by atoms with van der Waals surface area (Å²) in [4.78, 5) is 4.41. The number of pyridine rings is 1. The fourth-order valence-corrected chi connectivity index (χ4v) is 3.50. The molecule has 1 heterocycles. The summed E-state index contributed by atoms with van der Waals surface area (Å²) in [5.41, 5.74) is 10.5. The van der Waals surface area contributed by atoms with Crippen LogP contribution in [0, 0.1) is 0 Å². The summed E-state index contributed by atoms with van der Waals surface area (Å²) >= 11 is 0. The molecule has 1 aliphatic rings. The van der Waals surface area contributed by atoms with Crippen LogP contribution in [-0.4, -0.2) is 4.98 Å². The highest BCUT2D eigenvalue weighted by Gasteiger charge is 2.33. The molecule has 2 nitrogen and oxygen atoms in total. The molecule has 3 aromatic rings. The van der Waals surface area contributed by atoms with Crippen molar-refractivity contribution in [2.75, 3.05) is 0 Å². The third-order valence-electron chi connectivity index (χ3n) is 4.67. The smallest absolute Gasteiger partial charge is 0.0475 e. The lowest BCUT2D eigenvalue weighted by Gasteiger charge is -2.35. The molecule has 4 rings (SSSR count). The Hall–Kier alpha value is -2.19. The Kier molecular flexibility index (Phi) is 2.79. The van der Waals surface area contributed by atoms with Crippen LogP contribution in [0.4, 0.5) is 0 Å². The van der Waals surface area contributed by atoms with E-state index < -0.39 is 0 Å². The van der Waals surface area contributed by atoms with E-state index in [1.54, 1.807) is 0 Å². The van der Waals surface area contributed by atoms with E-state index in [0.29, 0.717) is 0 Å². The predicted octanol–water partition coefficient (Wildman–Crippen LogP) is 3.58. The molecule has 0 bridgehead atoms. The molecule has 0 saturated heterocycles. The second kappa shape index (κ2) is 4.68. The summed E-state index contributed by atoms with van der Waals surface area (Å²) in [7, 11) is 0. The molecule has 104 valence electrons. The van der Waals surface area contributed by atoms with Gasteiger partial charge in [-0.15, -0.1) is 0 Å². The van der Waals surface area contributed by atoms with Gasteiger partial charge in [-0.3, -0.25) is 4.98 Å². The van der Waals surface area contributed by atoms with Crippen LogP contribution in [0.3, 0.4) is 0 Å². The topological polar surface area (TPSA) is 38.9 Å². The molecule has 0 amide bonds. The maximum absolute atomic E-state index is 6.82. The number of fused-ring (bicyclic) bond motifs is 2. The van der Waals surface area contributed by atoms with Crippen molar-refractivity contribution >= 4 is 10.8 Å². The summed E-state index contributed by atoms with van der Waals surface area (Å²) in [6, 6.07) is 17.0. The molecule has 0 radical (unpaired) electrons. The first-order valence-corrected chi connectivity index (χ1v) is 7.45. The summed E-state index contributed by atoms with van der Waals surface area (Å²) in [5.74, 6) is 0. The Balaban J connectivity index is 1.85. The number of nitrogens with two attached hydrogens (primary N) is 1. The number of aryl methyl sites for hydroxylation is 1. The Bertz CT molecular complexity index is 804. The van der Waals surface area contributed by atoms with Crippen molar-refractivity contribution in [3.05, 3.63) is 77.6 Å². The van der Waals surface area contributed by atoms with Crippen LogP contribution in [0.25, 0.3) is 10.8 Å². The molecule has 2 aromatic carbocycles. The van der Waals surface area contributed by atoms with Gasteiger partial charge in [-0.1, -0.05) is 48.5 Å². The highest BCUT2D eigenvalue weighted by molar-refractivity contribution is 5.85. The summed E-state index contributed by atoms with van der Waals surface area (Å²) in [5, 5.41) is 2.40. The van der Waals surface area contributed by atoms with Gasteiger partial charge >= 0.3 is 0 Å².